The lowest BCUT2D eigenvalue weighted by Gasteiger charge is -2.04. The lowest BCUT2D eigenvalue weighted by molar-refractivity contribution is 0.0593. The van der Waals surface area contributed by atoms with Gasteiger partial charge in [0.2, 0.25) is 0 Å². The van der Waals surface area contributed by atoms with Crippen LogP contribution >= 0.6 is 0 Å². The molecule has 13 heavy (non-hydrogen) atoms. The number of allylic oxidation sites excluding steroid dienone is 1. The molecule has 0 amide bonds. The molecule has 0 radical (unpaired) electrons. The third-order valence-electron chi connectivity index (χ3n) is 1.65. The molecule has 0 bridgehead atoms. The Bertz CT molecular complexity index is 345. The lowest BCUT2D eigenvalue weighted by atomic mass is 10.1. The Kier molecular flexibility index (Phi) is 2.80. The van der Waals surface area contributed by atoms with Gasteiger partial charge in [-0.2, -0.15) is 0 Å². The highest BCUT2D eigenvalue weighted by Gasteiger charge is 2.12. The maximum absolute atomic E-state index is 11.2. The largest absolute Gasteiger partial charge is 0.464 e. The van der Waals surface area contributed by atoms with Crippen LogP contribution in [0.2, 0.25) is 0 Å². The Hall–Kier alpha value is -1.64. The minimum Gasteiger partial charge on any atom is -0.464 e. The van der Waals surface area contributed by atoms with Crippen molar-refractivity contribution in [2.75, 3.05) is 7.11 Å². The smallest absolute Gasteiger partial charge is 0.357 e. The van der Waals surface area contributed by atoms with E-state index in [4.69, 9.17) is 0 Å². The second-order valence-electron chi connectivity index (χ2n) is 2.67. The Morgan fingerprint density at radius 3 is 2.85 bits per heavy atom. The van der Waals surface area contributed by atoms with Gasteiger partial charge in [-0.25, -0.2) is 9.78 Å². The van der Waals surface area contributed by atoms with E-state index in [0.29, 0.717) is 5.69 Å². The number of nitrogens with zero attached hydrogens (tertiary/aromatic N) is 1. The van der Waals surface area contributed by atoms with Gasteiger partial charge in [0.1, 0.15) is 0 Å². The van der Waals surface area contributed by atoms with Crippen molar-refractivity contribution in [2.24, 2.45) is 0 Å². The van der Waals surface area contributed by atoms with Crippen LogP contribution in [-0.2, 0) is 4.74 Å². The van der Waals surface area contributed by atoms with E-state index in [9.17, 15) is 4.79 Å². The number of rotatable bonds is 2. The van der Waals surface area contributed by atoms with E-state index in [-0.39, 0.29) is 0 Å². The zero-order valence-corrected chi connectivity index (χ0v) is 7.70. The maximum atomic E-state index is 11.2. The van der Waals surface area contributed by atoms with Crippen LogP contribution in [0.5, 0.6) is 0 Å². The summed E-state index contributed by atoms with van der Waals surface area (Å²) in [7, 11) is 1.33. The molecule has 0 aliphatic heterocycles. The van der Waals surface area contributed by atoms with Crippen LogP contribution in [0.25, 0.3) is 5.57 Å². The van der Waals surface area contributed by atoms with Crippen molar-refractivity contribution in [3.8, 4) is 0 Å². The molecule has 0 aliphatic carbocycles. The molecule has 68 valence electrons. The van der Waals surface area contributed by atoms with Gasteiger partial charge in [0.15, 0.2) is 5.69 Å². The highest BCUT2D eigenvalue weighted by Crippen LogP contribution is 2.15. The quantitative estimate of drug-likeness (QED) is 0.647. The summed E-state index contributed by atoms with van der Waals surface area (Å²) >= 11 is 0. The van der Waals surface area contributed by atoms with Gasteiger partial charge in [-0.15, -0.1) is 0 Å². The van der Waals surface area contributed by atoms with Crippen molar-refractivity contribution in [3.63, 3.8) is 0 Å². The molecule has 0 aromatic carbocycles. The molecule has 0 spiro atoms. The summed E-state index contributed by atoms with van der Waals surface area (Å²) in [6.07, 6.45) is 1.55. The molecule has 0 saturated carbocycles. The molecule has 3 nitrogen and oxygen atoms in total. The van der Waals surface area contributed by atoms with Crippen molar-refractivity contribution in [1.82, 2.24) is 4.98 Å². The second-order valence-corrected chi connectivity index (χ2v) is 2.67. The number of ether oxygens (including phenoxy) is 1. The third kappa shape index (κ3) is 1.93. The molecule has 1 aromatic heterocycles. The normalized spacial score (nSPS) is 9.38. The van der Waals surface area contributed by atoms with E-state index >= 15 is 0 Å². The van der Waals surface area contributed by atoms with Gasteiger partial charge in [0.05, 0.1) is 7.11 Å². The van der Waals surface area contributed by atoms with Crippen molar-refractivity contribution in [1.29, 1.82) is 0 Å². The summed E-state index contributed by atoms with van der Waals surface area (Å²) < 4.78 is 4.58. The predicted octanol–water partition coefficient (Wildman–Crippen LogP) is 1.90. The average molecular weight is 177 g/mol. The minimum atomic E-state index is -0.432. The van der Waals surface area contributed by atoms with Gasteiger partial charge in [0, 0.05) is 11.8 Å². The minimum absolute atomic E-state index is 0.317. The Morgan fingerprint density at radius 2 is 2.31 bits per heavy atom. The van der Waals surface area contributed by atoms with E-state index in [1.165, 1.54) is 7.11 Å². The topological polar surface area (TPSA) is 39.2 Å². The monoisotopic (exact) mass is 177 g/mol. The van der Waals surface area contributed by atoms with E-state index in [0.717, 1.165) is 11.1 Å². The molecule has 0 aliphatic rings. The number of carbonyl (C=O) groups is 1. The molecule has 0 atom stereocenters. The van der Waals surface area contributed by atoms with Crippen LogP contribution in [0.1, 0.15) is 23.0 Å². The standard InChI is InChI=1S/C10H11NO2/c1-7(2)8-5-4-6-11-9(8)10(12)13-3/h4-6H,1H2,2-3H3. The summed E-state index contributed by atoms with van der Waals surface area (Å²) in [5, 5.41) is 0. The van der Waals surface area contributed by atoms with Crippen LogP contribution in [0.3, 0.4) is 0 Å². The molecule has 1 rings (SSSR count). The second kappa shape index (κ2) is 3.85. The third-order valence-corrected chi connectivity index (χ3v) is 1.65. The van der Waals surface area contributed by atoms with Crippen molar-refractivity contribution >= 4 is 11.5 Å². The lowest BCUT2D eigenvalue weighted by Crippen LogP contribution is -2.07. The van der Waals surface area contributed by atoms with Gasteiger partial charge >= 0.3 is 5.97 Å². The predicted molar refractivity (Wildman–Crippen MR) is 50.3 cm³/mol. The number of hydrogen-bond acceptors (Lipinski definition) is 3. The van der Waals surface area contributed by atoms with Crippen molar-refractivity contribution < 1.29 is 9.53 Å². The van der Waals surface area contributed by atoms with Crippen LogP contribution < -0.4 is 0 Å². The molecule has 0 N–H and O–H groups in total. The summed E-state index contributed by atoms with van der Waals surface area (Å²) in [4.78, 5) is 15.1. The molecular formula is C10H11NO2. The van der Waals surface area contributed by atoms with E-state index in [2.05, 4.69) is 16.3 Å². The highest BCUT2D eigenvalue weighted by molar-refractivity contribution is 5.92. The Balaban J connectivity index is 3.19. The van der Waals surface area contributed by atoms with Crippen LogP contribution in [0, 0.1) is 0 Å². The summed E-state index contributed by atoms with van der Waals surface area (Å²) in [6.45, 7) is 5.58. The van der Waals surface area contributed by atoms with Gasteiger partial charge in [-0.1, -0.05) is 12.6 Å². The van der Waals surface area contributed by atoms with Crippen LogP contribution in [0.4, 0.5) is 0 Å². The van der Waals surface area contributed by atoms with Gasteiger partial charge in [0.25, 0.3) is 0 Å². The first-order valence-corrected chi connectivity index (χ1v) is 3.86. The van der Waals surface area contributed by atoms with E-state index in [1.54, 1.807) is 18.3 Å². The molecule has 0 unspecified atom stereocenters. The Labute approximate surface area is 77.1 Å². The van der Waals surface area contributed by atoms with E-state index in [1.807, 2.05) is 6.92 Å². The number of esters is 1. The number of carbonyl (C=O) groups excluding carboxylic acids is 1. The number of methoxy groups -OCH3 is 1. The molecule has 0 saturated heterocycles. The molecule has 1 aromatic rings. The van der Waals surface area contributed by atoms with Crippen LogP contribution in [-0.4, -0.2) is 18.1 Å². The zero-order chi connectivity index (χ0) is 9.84. The fourth-order valence-electron chi connectivity index (χ4n) is 1.01. The fraction of sp³-hybridized carbons (Fsp3) is 0.200. The first-order valence-electron chi connectivity index (χ1n) is 3.86. The molecule has 3 heteroatoms. The first-order chi connectivity index (χ1) is 6.16. The Morgan fingerprint density at radius 1 is 1.62 bits per heavy atom. The highest BCUT2D eigenvalue weighted by atomic mass is 16.5. The van der Waals surface area contributed by atoms with Gasteiger partial charge in [-0.3, -0.25) is 0 Å². The number of aromatic nitrogens is 1. The van der Waals surface area contributed by atoms with Crippen LogP contribution in [0.15, 0.2) is 24.9 Å². The van der Waals surface area contributed by atoms with Gasteiger partial charge < -0.3 is 4.74 Å². The first kappa shape index (κ1) is 9.45. The number of hydrogen-bond donors (Lipinski definition) is 0. The molecule has 1 heterocycles. The SMILES string of the molecule is C=C(C)c1cccnc1C(=O)OC. The van der Waals surface area contributed by atoms with Crippen molar-refractivity contribution in [2.45, 2.75) is 6.92 Å². The van der Waals surface area contributed by atoms with E-state index < -0.39 is 5.97 Å². The zero-order valence-electron chi connectivity index (χ0n) is 7.70. The fourth-order valence-corrected chi connectivity index (χ4v) is 1.01. The maximum Gasteiger partial charge on any atom is 0.357 e. The summed E-state index contributed by atoms with van der Waals surface area (Å²) in [5.74, 6) is -0.432. The summed E-state index contributed by atoms with van der Waals surface area (Å²) in [6, 6.07) is 3.55. The summed E-state index contributed by atoms with van der Waals surface area (Å²) in [5.41, 5.74) is 1.85. The molecular weight excluding hydrogens is 166 g/mol. The molecule has 0 fully saturated rings. The number of pyridine rings is 1. The average Bonchev–Trinajstić information content (AvgIpc) is 2.16. The van der Waals surface area contributed by atoms with Crippen molar-refractivity contribution in [3.05, 3.63) is 36.2 Å². The van der Waals surface area contributed by atoms with Gasteiger partial charge in [-0.05, 0) is 18.6 Å².